The lowest BCUT2D eigenvalue weighted by molar-refractivity contribution is -0.519. The average Bonchev–Trinajstić information content (AvgIpc) is 2.76. The molecule has 2 rings (SSSR count). The lowest BCUT2D eigenvalue weighted by Crippen LogP contribution is -2.46. The molecule has 0 heterocycles. The van der Waals surface area contributed by atoms with Crippen molar-refractivity contribution in [1.29, 1.82) is 0 Å². The summed E-state index contributed by atoms with van der Waals surface area (Å²) in [6.45, 7) is 3.77. The SMILES string of the molecule is COc1ccc(CC(C)(C)NC[C@@H](O)COc2ccc(CC(=O)OC[N+](=O)[O-])cc2)cc1. The first-order valence-corrected chi connectivity index (χ1v) is 10.2. The van der Waals surface area contributed by atoms with Crippen LogP contribution in [-0.4, -0.2) is 54.6 Å². The quantitative estimate of drug-likeness (QED) is 0.208. The Balaban J connectivity index is 1.73. The topological polar surface area (TPSA) is 120 Å². The van der Waals surface area contributed by atoms with Crippen LogP contribution in [0.5, 0.6) is 11.5 Å². The van der Waals surface area contributed by atoms with E-state index in [9.17, 15) is 20.0 Å². The normalized spacial score (nSPS) is 12.1. The third-order valence-corrected chi connectivity index (χ3v) is 4.67. The van der Waals surface area contributed by atoms with Crippen molar-refractivity contribution < 1.29 is 29.0 Å². The van der Waals surface area contributed by atoms with Gasteiger partial charge in [0.15, 0.2) is 0 Å². The molecule has 9 heteroatoms. The standard InChI is InChI=1S/C23H30N2O7/c1-23(2,13-18-6-8-20(30-3)9-7-18)24-14-19(26)15-31-21-10-4-17(5-11-21)12-22(27)32-16-25(28)29/h4-11,19,24,26H,12-16H2,1-3H3/t19-/m1/s1. The number of rotatable bonds is 13. The van der Waals surface area contributed by atoms with Gasteiger partial charge in [-0.2, -0.15) is 0 Å². The maximum Gasteiger partial charge on any atom is 0.346 e. The summed E-state index contributed by atoms with van der Waals surface area (Å²) >= 11 is 0. The van der Waals surface area contributed by atoms with Gasteiger partial charge in [-0.25, -0.2) is 0 Å². The molecule has 0 spiro atoms. The molecule has 2 N–H and O–H groups in total. The molecular formula is C23H30N2O7. The lowest BCUT2D eigenvalue weighted by atomic mass is 9.94. The van der Waals surface area contributed by atoms with Gasteiger partial charge < -0.3 is 24.6 Å². The van der Waals surface area contributed by atoms with E-state index in [1.54, 1.807) is 31.4 Å². The first-order chi connectivity index (χ1) is 15.2. The van der Waals surface area contributed by atoms with Crippen molar-refractivity contribution in [3.63, 3.8) is 0 Å². The Morgan fingerprint density at radius 2 is 1.69 bits per heavy atom. The molecule has 0 aromatic heterocycles. The zero-order chi connectivity index (χ0) is 23.6. The van der Waals surface area contributed by atoms with Gasteiger partial charge in [-0.15, -0.1) is 0 Å². The van der Waals surface area contributed by atoms with E-state index in [1.807, 2.05) is 24.3 Å². The smallest absolute Gasteiger partial charge is 0.346 e. The van der Waals surface area contributed by atoms with Crippen molar-refractivity contribution >= 4 is 5.97 Å². The summed E-state index contributed by atoms with van der Waals surface area (Å²) in [5.41, 5.74) is 1.59. The van der Waals surface area contributed by atoms with Crippen LogP contribution >= 0.6 is 0 Å². The van der Waals surface area contributed by atoms with Crippen LogP contribution in [0.1, 0.15) is 25.0 Å². The van der Waals surface area contributed by atoms with Gasteiger partial charge in [0.1, 0.15) is 24.2 Å². The second-order valence-electron chi connectivity index (χ2n) is 8.05. The zero-order valence-corrected chi connectivity index (χ0v) is 18.6. The number of hydrogen-bond acceptors (Lipinski definition) is 8. The van der Waals surface area contributed by atoms with E-state index >= 15 is 0 Å². The Morgan fingerprint density at radius 1 is 1.09 bits per heavy atom. The summed E-state index contributed by atoms with van der Waals surface area (Å²) in [5, 5.41) is 23.8. The van der Waals surface area contributed by atoms with Crippen molar-refractivity contribution in [2.75, 3.05) is 27.0 Å². The van der Waals surface area contributed by atoms with Crippen molar-refractivity contribution in [2.24, 2.45) is 0 Å². The molecule has 2 aromatic rings. The van der Waals surface area contributed by atoms with E-state index in [2.05, 4.69) is 23.9 Å². The second-order valence-corrected chi connectivity index (χ2v) is 8.05. The molecule has 1 atom stereocenters. The van der Waals surface area contributed by atoms with E-state index in [0.717, 1.165) is 17.7 Å². The van der Waals surface area contributed by atoms with E-state index in [-0.39, 0.29) is 18.6 Å². The fourth-order valence-electron chi connectivity index (χ4n) is 3.01. The molecule has 0 saturated heterocycles. The van der Waals surface area contributed by atoms with Crippen molar-refractivity contribution in [2.45, 2.75) is 38.3 Å². The highest BCUT2D eigenvalue weighted by atomic mass is 16.7. The Morgan fingerprint density at radius 3 is 2.28 bits per heavy atom. The first kappa shape index (κ1) is 25.1. The number of β-amino-alcohol motifs (C(OH)–C–C–N with tert-alkyl or cyclic N) is 1. The number of methoxy groups -OCH3 is 1. The van der Waals surface area contributed by atoms with Gasteiger partial charge in [-0.1, -0.05) is 24.3 Å². The van der Waals surface area contributed by atoms with Crippen LogP contribution in [0.15, 0.2) is 48.5 Å². The number of carbonyl (C=O) groups is 1. The van der Waals surface area contributed by atoms with Crippen LogP contribution in [0.25, 0.3) is 0 Å². The molecule has 0 aliphatic rings. The molecule has 0 aliphatic carbocycles. The second kappa shape index (κ2) is 12.0. The predicted octanol–water partition coefficient (Wildman–Crippen LogP) is 2.37. The molecule has 174 valence electrons. The van der Waals surface area contributed by atoms with Gasteiger partial charge in [0.25, 0.3) is 0 Å². The molecule has 2 aromatic carbocycles. The summed E-state index contributed by atoms with van der Waals surface area (Å²) in [6.07, 6.45) is 0.0157. The van der Waals surface area contributed by atoms with Gasteiger partial charge in [-0.3, -0.25) is 14.9 Å². The summed E-state index contributed by atoms with van der Waals surface area (Å²) in [4.78, 5) is 21.0. The Bertz CT molecular complexity index is 867. The number of nitro groups is 1. The fraction of sp³-hybridized carbons (Fsp3) is 0.435. The minimum absolute atomic E-state index is 0.0655. The van der Waals surface area contributed by atoms with Crippen molar-refractivity contribution in [3.05, 3.63) is 69.8 Å². The molecule has 32 heavy (non-hydrogen) atoms. The summed E-state index contributed by atoms with van der Waals surface area (Å²) in [6, 6.07) is 14.6. The largest absolute Gasteiger partial charge is 0.497 e. The average molecular weight is 447 g/mol. The van der Waals surface area contributed by atoms with Crippen molar-refractivity contribution in [3.8, 4) is 11.5 Å². The van der Waals surface area contributed by atoms with Crippen LogP contribution in [0.2, 0.25) is 0 Å². The number of nitrogens with zero attached hydrogens (tertiary/aromatic N) is 1. The maximum atomic E-state index is 11.5. The molecular weight excluding hydrogens is 416 g/mol. The van der Waals surface area contributed by atoms with Gasteiger partial charge in [0, 0.05) is 12.1 Å². The number of ether oxygens (including phenoxy) is 3. The zero-order valence-electron chi connectivity index (χ0n) is 18.6. The third kappa shape index (κ3) is 9.32. The highest BCUT2D eigenvalue weighted by Gasteiger charge is 2.19. The van der Waals surface area contributed by atoms with E-state index in [0.29, 0.717) is 17.9 Å². The predicted molar refractivity (Wildman–Crippen MR) is 118 cm³/mol. The highest BCUT2D eigenvalue weighted by Crippen LogP contribution is 2.17. The van der Waals surface area contributed by atoms with Crippen LogP contribution in [-0.2, 0) is 22.4 Å². The number of aliphatic hydroxyl groups is 1. The number of benzene rings is 2. The molecule has 9 nitrogen and oxygen atoms in total. The van der Waals surface area contributed by atoms with Gasteiger partial charge in [-0.05, 0) is 55.7 Å². The summed E-state index contributed by atoms with van der Waals surface area (Å²) in [5.74, 6) is 0.688. The van der Waals surface area contributed by atoms with Crippen LogP contribution in [0, 0.1) is 10.1 Å². The highest BCUT2D eigenvalue weighted by molar-refractivity contribution is 5.72. The monoisotopic (exact) mass is 446 g/mol. The number of aliphatic hydroxyl groups excluding tert-OH is 1. The lowest BCUT2D eigenvalue weighted by Gasteiger charge is -2.28. The number of carbonyl (C=O) groups excluding carboxylic acids is 1. The van der Waals surface area contributed by atoms with Gasteiger partial charge >= 0.3 is 12.7 Å². The molecule has 0 unspecified atom stereocenters. The van der Waals surface area contributed by atoms with Crippen LogP contribution in [0.3, 0.4) is 0 Å². The molecule has 0 bridgehead atoms. The van der Waals surface area contributed by atoms with Crippen LogP contribution < -0.4 is 14.8 Å². The summed E-state index contributed by atoms with van der Waals surface area (Å²) in [7, 11) is 1.64. The number of hydrogen-bond donors (Lipinski definition) is 2. The number of nitrogens with one attached hydrogen (secondary N) is 1. The molecule has 0 saturated carbocycles. The minimum Gasteiger partial charge on any atom is -0.497 e. The molecule has 0 fully saturated rings. The maximum absolute atomic E-state index is 11.5. The summed E-state index contributed by atoms with van der Waals surface area (Å²) < 4.78 is 15.3. The molecule has 0 amide bonds. The van der Waals surface area contributed by atoms with Crippen LogP contribution in [0.4, 0.5) is 0 Å². The van der Waals surface area contributed by atoms with E-state index in [4.69, 9.17) is 9.47 Å². The van der Waals surface area contributed by atoms with Gasteiger partial charge in [0.05, 0.1) is 18.5 Å². The molecule has 0 radical (unpaired) electrons. The number of esters is 1. The molecule has 0 aliphatic heterocycles. The van der Waals surface area contributed by atoms with Crippen molar-refractivity contribution in [1.82, 2.24) is 5.32 Å². The Hall–Kier alpha value is -3.17. The Labute approximate surface area is 187 Å². The minimum atomic E-state index is -0.844. The van der Waals surface area contributed by atoms with E-state index < -0.39 is 23.7 Å². The Kier molecular flexibility index (Phi) is 9.42. The first-order valence-electron chi connectivity index (χ1n) is 10.2. The fourth-order valence-corrected chi connectivity index (χ4v) is 3.01. The van der Waals surface area contributed by atoms with E-state index in [1.165, 1.54) is 0 Å². The third-order valence-electron chi connectivity index (χ3n) is 4.67. The van der Waals surface area contributed by atoms with Gasteiger partial charge in [0.2, 0.25) is 0 Å².